The van der Waals surface area contributed by atoms with E-state index in [2.05, 4.69) is 28.8 Å². The molecule has 1 aromatic rings. The first-order chi connectivity index (χ1) is 8.56. The lowest BCUT2D eigenvalue weighted by Crippen LogP contribution is -2.25. The Kier molecular flexibility index (Phi) is 5.61. The number of aromatic nitrogens is 3. The maximum absolute atomic E-state index is 5.67. The first-order valence-electron chi connectivity index (χ1n) is 6.46. The van der Waals surface area contributed by atoms with Gasteiger partial charge in [0.25, 0.3) is 0 Å². The molecule has 1 heterocycles. The zero-order valence-electron chi connectivity index (χ0n) is 11.7. The van der Waals surface area contributed by atoms with Crippen LogP contribution in [0.5, 0.6) is 6.01 Å². The second-order valence-electron chi connectivity index (χ2n) is 4.48. The van der Waals surface area contributed by atoms with Crippen LogP contribution in [0.4, 0.5) is 11.9 Å². The highest BCUT2D eigenvalue weighted by Crippen LogP contribution is 2.13. The van der Waals surface area contributed by atoms with E-state index >= 15 is 0 Å². The second kappa shape index (κ2) is 6.98. The summed E-state index contributed by atoms with van der Waals surface area (Å²) in [5.74, 6) is 1.37. The molecule has 0 fully saturated rings. The lowest BCUT2D eigenvalue weighted by Gasteiger charge is -2.18. The normalized spacial score (nSPS) is 10.7. The Morgan fingerprint density at radius 1 is 1.17 bits per heavy atom. The van der Waals surface area contributed by atoms with Crippen molar-refractivity contribution in [2.45, 2.75) is 34.1 Å². The zero-order valence-corrected chi connectivity index (χ0v) is 11.7. The fourth-order valence-electron chi connectivity index (χ4n) is 1.46. The highest BCUT2D eigenvalue weighted by atomic mass is 16.5. The van der Waals surface area contributed by atoms with Crippen molar-refractivity contribution < 1.29 is 4.74 Å². The summed E-state index contributed by atoms with van der Waals surface area (Å²) in [7, 11) is 0. The average molecular weight is 253 g/mol. The Morgan fingerprint density at radius 3 is 2.39 bits per heavy atom. The van der Waals surface area contributed by atoms with Crippen molar-refractivity contribution in [2.75, 3.05) is 30.3 Å². The van der Waals surface area contributed by atoms with Gasteiger partial charge in [0.1, 0.15) is 0 Å². The Labute approximate surface area is 109 Å². The number of nitrogen functional groups attached to an aromatic ring is 1. The summed E-state index contributed by atoms with van der Waals surface area (Å²) in [6.45, 7) is 10.6. The molecule has 2 N–H and O–H groups in total. The van der Waals surface area contributed by atoms with E-state index in [1.54, 1.807) is 0 Å². The number of anilines is 2. The molecule has 102 valence electrons. The van der Waals surface area contributed by atoms with E-state index in [1.165, 1.54) is 0 Å². The monoisotopic (exact) mass is 253 g/mol. The third kappa shape index (κ3) is 4.35. The van der Waals surface area contributed by atoms with Crippen LogP contribution in [0, 0.1) is 5.92 Å². The van der Waals surface area contributed by atoms with Gasteiger partial charge in [-0.25, -0.2) is 0 Å². The van der Waals surface area contributed by atoms with Crippen LogP contribution in [0.25, 0.3) is 0 Å². The van der Waals surface area contributed by atoms with Crippen molar-refractivity contribution in [1.29, 1.82) is 0 Å². The Morgan fingerprint density at radius 2 is 1.83 bits per heavy atom. The van der Waals surface area contributed by atoms with Crippen LogP contribution in [-0.4, -0.2) is 34.6 Å². The molecule has 1 rings (SSSR count). The fraction of sp³-hybridized carbons (Fsp3) is 0.750. The first-order valence-corrected chi connectivity index (χ1v) is 6.46. The quantitative estimate of drug-likeness (QED) is 0.797. The zero-order chi connectivity index (χ0) is 13.5. The smallest absolute Gasteiger partial charge is 0.323 e. The topological polar surface area (TPSA) is 77.2 Å². The first kappa shape index (κ1) is 14.5. The van der Waals surface area contributed by atoms with Crippen LogP contribution >= 0.6 is 0 Å². The molecule has 0 aromatic carbocycles. The van der Waals surface area contributed by atoms with Crippen LogP contribution in [0.3, 0.4) is 0 Å². The summed E-state index contributed by atoms with van der Waals surface area (Å²) in [6, 6.07) is 0.310. The number of hydrogen-bond acceptors (Lipinski definition) is 6. The highest BCUT2D eigenvalue weighted by molar-refractivity contribution is 5.35. The largest absolute Gasteiger partial charge is 0.463 e. The van der Waals surface area contributed by atoms with Crippen LogP contribution in [0.1, 0.15) is 34.1 Å². The molecule has 0 saturated carbocycles. The lowest BCUT2D eigenvalue weighted by atomic mass is 10.1. The number of nitrogens with zero attached hydrogens (tertiary/aromatic N) is 4. The van der Waals surface area contributed by atoms with Gasteiger partial charge in [0.05, 0.1) is 6.61 Å². The van der Waals surface area contributed by atoms with Crippen molar-refractivity contribution in [3.05, 3.63) is 0 Å². The summed E-state index contributed by atoms with van der Waals surface area (Å²) in [6.07, 6.45) is 0.964. The molecule has 1 aromatic heterocycles. The van der Waals surface area contributed by atoms with E-state index in [9.17, 15) is 0 Å². The predicted octanol–water partition coefficient (Wildman–Crippen LogP) is 1.72. The molecule has 0 unspecified atom stereocenters. The molecule has 0 atom stereocenters. The number of ether oxygens (including phenoxy) is 1. The number of nitrogens with two attached hydrogens (primary N) is 1. The van der Waals surface area contributed by atoms with Crippen LogP contribution in [0.2, 0.25) is 0 Å². The molecule has 0 saturated heterocycles. The van der Waals surface area contributed by atoms with E-state index in [0.717, 1.165) is 19.5 Å². The molecule has 6 nitrogen and oxygen atoms in total. The van der Waals surface area contributed by atoms with Gasteiger partial charge in [-0.2, -0.15) is 15.0 Å². The molecule has 0 amide bonds. The van der Waals surface area contributed by atoms with Crippen molar-refractivity contribution in [3.8, 4) is 6.01 Å². The minimum Gasteiger partial charge on any atom is -0.463 e. The Balaban J connectivity index is 2.74. The maximum Gasteiger partial charge on any atom is 0.323 e. The van der Waals surface area contributed by atoms with E-state index in [1.807, 2.05) is 18.7 Å². The third-order valence-electron chi connectivity index (χ3n) is 2.59. The standard InChI is InChI=1S/C12H23N5O/c1-5-17(6-2)11-14-10(13)15-12(16-11)18-8-7-9(3)4/h9H,5-8H2,1-4H3,(H2,13,14,15,16). The van der Waals surface area contributed by atoms with Crippen LogP contribution < -0.4 is 15.4 Å². The predicted molar refractivity (Wildman–Crippen MR) is 72.8 cm³/mol. The second-order valence-corrected chi connectivity index (χ2v) is 4.48. The van der Waals surface area contributed by atoms with Gasteiger partial charge in [-0.15, -0.1) is 0 Å². The lowest BCUT2D eigenvalue weighted by molar-refractivity contribution is 0.268. The Bertz CT molecular complexity index is 365. The Hall–Kier alpha value is -1.59. The number of rotatable bonds is 7. The molecule has 0 bridgehead atoms. The van der Waals surface area contributed by atoms with Crippen molar-refractivity contribution in [2.24, 2.45) is 5.92 Å². The van der Waals surface area contributed by atoms with E-state index < -0.39 is 0 Å². The summed E-state index contributed by atoms with van der Waals surface area (Å²) in [4.78, 5) is 14.4. The molecule has 0 aliphatic rings. The summed E-state index contributed by atoms with van der Waals surface area (Å²) < 4.78 is 5.51. The summed E-state index contributed by atoms with van der Waals surface area (Å²) in [5, 5.41) is 0. The van der Waals surface area contributed by atoms with Crippen molar-refractivity contribution in [3.63, 3.8) is 0 Å². The molecule has 0 spiro atoms. The van der Waals surface area contributed by atoms with Gasteiger partial charge >= 0.3 is 6.01 Å². The SMILES string of the molecule is CCN(CC)c1nc(N)nc(OCCC(C)C)n1. The van der Waals surface area contributed by atoms with Crippen molar-refractivity contribution >= 4 is 11.9 Å². The van der Waals surface area contributed by atoms with Gasteiger partial charge in [0.15, 0.2) is 0 Å². The third-order valence-corrected chi connectivity index (χ3v) is 2.59. The van der Waals surface area contributed by atoms with E-state index in [4.69, 9.17) is 10.5 Å². The summed E-state index contributed by atoms with van der Waals surface area (Å²) in [5.41, 5.74) is 5.67. The van der Waals surface area contributed by atoms with Gasteiger partial charge in [-0.3, -0.25) is 0 Å². The molecular formula is C12H23N5O. The molecule has 0 aliphatic carbocycles. The molecular weight excluding hydrogens is 230 g/mol. The molecule has 0 aliphatic heterocycles. The van der Waals surface area contributed by atoms with Gasteiger partial charge in [-0.1, -0.05) is 13.8 Å². The van der Waals surface area contributed by atoms with E-state index in [0.29, 0.717) is 24.5 Å². The average Bonchev–Trinajstić information content (AvgIpc) is 2.29. The minimum absolute atomic E-state index is 0.200. The van der Waals surface area contributed by atoms with Gasteiger partial charge < -0.3 is 15.4 Å². The highest BCUT2D eigenvalue weighted by Gasteiger charge is 2.10. The molecule has 6 heteroatoms. The van der Waals surface area contributed by atoms with E-state index in [-0.39, 0.29) is 5.95 Å². The molecule has 18 heavy (non-hydrogen) atoms. The van der Waals surface area contributed by atoms with Crippen LogP contribution in [-0.2, 0) is 0 Å². The number of hydrogen-bond donors (Lipinski definition) is 1. The van der Waals surface area contributed by atoms with Gasteiger partial charge in [0, 0.05) is 13.1 Å². The molecule has 0 radical (unpaired) electrons. The van der Waals surface area contributed by atoms with Crippen molar-refractivity contribution in [1.82, 2.24) is 15.0 Å². The fourth-order valence-corrected chi connectivity index (χ4v) is 1.46. The van der Waals surface area contributed by atoms with Gasteiger partial charge in [-0.05, 0) is 26.2 Å². The maximum atomic E-state index is 5.67. The van der Waals surface area contributed by atoms with Gasteiger partial charge in [0.2, 0.25) is 11.9 Å². The minimum atomic E-state index is 0.200. The summed E-state index contributed by atoms with van der Waals surface area (Å²) >= 11 is 0. The van der Waals surface area contributed by atoms with Crippen LogP contribution in [0.15, 0.2) is 0 Å².